The fourth-order valence-corrected chi connectivity index (χ4v) is 2.33. The van der Waals surface area contributed by atoms with Gasteiger partial charge in [0.2, 0.25) is 0 Å². The van der Waals surface area contributed by atoms with Crippen molar-refractivity contribution in [1.29, 1.82) is 0 Å². The van der Waals surface area contributed by atoms with Crippen LogP contribution in [-0.2, 0) is 6.61 Å². The SMILES string of the molecule is Cc1ccc([C@H](C)O)c(OCc2c(F)ccc(Br)c2F)c1. The van der Waals surface area contributed by atoms with Crippen LogP contribution >= 0.6 is 15.9 Å². The topological polar surface area (TPSA) is 29.5 Å². The van der Waals surface area contributed by atoms with Gasteiger partial charge in [0, 0.05) is 5.56 Å². The number of hydrogen-bond acceptors (Lipinski definition) is 2. The number of aryl methyl sites for hydroxylation is 1. The second kappa shape index (κ2) is 6.54. The van der Waals surface area contributed by atoms with Gasteiger partial charge in [-0.05, 0) is 53.5 Å². The highest BCUT2D eigenvalue weighted by Gasteiger charge is 2.15. The van der Waals surface area contributed by atoms with Crippen LogP contribution in [0.3, 0.4) is 0 Å². The highest BCUT2D eigenvalue weighted by Crippen LogP contribution is 2.28. The Morgan fingerprint density at radius 3 is 2.62 bits per heavy atom. The number of benzene rings is 2. The van der Waals surface area contributed by atoms with Crippen molar-refractivity contribution >= 4 is 15.9 Å². The van der Waals surface area contributed by atoms with Gasteiger partial charge in [-0.1, -0.05) is 12.1 Å². The summed E-state index contributed by atoms with van der Waals surface area (Å²) in [6.07, 6.45) is -0.724. The van der Waals surface area contributed by atoms with Crippen LogP contribution in [0, 0.1) is 18.6 Å². The molecule has 2 aromatic rings. The number of hydrogen-bond donors (Lipinski definition) is 1. The smallest absolute Gasteiger partial charge is 0.146 e. The maximum absolute atomic E-state index is 13.9. The summed E-state index contributed by atoms with van der Waals surface area (Å²) in [5.74, 6) is -0.924. The number of halogens is 3. The van der Waals surface area contributed by atoms with Gasteiger partial charge in [0.25, 0.3) is 0 Å². The number of aliphatic hydroxyl groups is 1. The van der Waals surface area contributed by atoms with E-state index < -0.39 is 17.7 Å². The lowest BCUT2D eigenvalue weighted by atomic mass is 10.1. The van der Waals surface area contributed by atoms with Gasteiger partial charge in [-0.2, -0.15) is 0 Å². The highest BCUT2D eigenvalue weighted by molar-refractivity contribution is 9.10. The summed E-state index contributed by atoms with van der Waals surface area (Å²) in [4.78, 5) is 0. The molecule has 2 rings (SSSR count). The summed E-state index contributed by atoms with van der Waals surface area (Å²) in [5, 5.41) is 9.71. The molecule has 1 atom stereocenters. The zero-order chi connectivity index (χ0) is 15.6. The van der Waals surface area contributed by atoms with E-state index in [0.29, 0.717) is 11.3 Å². The molecule has 0 amide bonds. The average Bonchev–Trinajstić information content (AvgIpc) is 2.43. The van der Waals surface area contributed by atoms with Crippen LogP contribution < -0.4 is 4.74 Å². The Kier molecular flexibility index (Phi) is 4.96. The summed E-state index contributed by atoms with van der Waals surface area (Å²) in [5.41, 5.74) is 1.36. The van der Waals surface area contributed by atoms with Crippen LogP contribution in [0.25, 0.3) is 0 Å². The lowest BCUT2D eigenvalue weighted by Crippen LogP contribution is -2.05. The van der Waals surface area contributed by atoms with Crippen molar-refractivity contribution in [2.75, 3.05) is 0 Å². The molecule has 0 radical (unpaired) electrons. The standard InChI is InChI=1S/C16H15BrF2O2/c1-9-3-4-11(10(2)20)15(7-9)21-8-12-14(18)6-5-13(17)16(12)19/h3-7,10,20H,8H2,1-2H3/t10-/m0/s1. The molecule has 0 aliphatic rings. The molecule has 0 aliphatic carbocycles. The van der Waals surface area contributed by atoms with Gasteiger partial charge >= 0.3 is 0 Å². The maximum atomic E-state index is 13.9. The van der Waals surface area contributed by atoms with E-state index in [0.717, 1.165) is 5.56 Å². The average molecular weight is 357 g/mol. The van der Waals surface area contributed by atoms with Gasteiger partial charge in [-0.25, -0.2) is 8.78 Å². The highest BCUT2D eigenvalue weighted by atomic mass is 79.9. The predicted molar refractivity (Wildman–Crippen MR) is 80.2 cm³/mol. The van der Waals surface area contributed by atoms with Crippen LogP contribution in [0.5, 0.6) is 5.75 Å². The number of aliphatic hydroxyl groups excluding tert-OH is 1. The van der Waals surface area contributed by atoms with Gasteiger partial charge in [0.05, 0.1) is 16.1 Å². The largest absolute Gasteiger partial charge is 0.488 e. The van der Waals surface area contributed by atoms with E-state index in [1.54, 1.807) is 19.1 Å². The number of rotatable bonds is 4. The fraction of sp³-hybridized carbons (Fsp3) is 0.250. The monoisotopic (exact) mass is 356 g/mol. The van der Waals surface area contributed by atoms with E-state index in [1.165, 1.54) is 12.1 Å². The molecule has 0 saturated carbocycles. The second-order valence-electron chi connectivity index (χ2n) is 4.83. The first-order chi connectivity index (χ1) is 9.90. The van der Waals surface area contributed by atoms with Crippen LogP contribution in [0.4, 0.5) is 8.78 Å². The van der Waals surface area contributed by atoms with Crippen molar-refractivity contribution in [3.63, 3.8) is 0 Å². The van der Waals surface area contributed by atoms with Gasteiger partial charge in [-0.3, -0.25) is 0 Å². The molecule has 0 saturated heterocycles. The van der Waals surface area contributed by atoms with Crippen molar-refractivity contribution < 1.29 is 18.6 Å². The number of ether oxygens (including phenoxy) is 1. The van der Waals surface area contributed by atoms with Crippen LogP contribution in [-0.4, -0.2) is 5.11 Å². The molecule has 0 spiro atoms. The molecule has 0 bridgehead atoms. The third-order valence-corrected chi connectivity index (χ3v) is 3.74. The van der Waals surface area contributed by atoms with E-state index in [2.05, 4.69) is 15.9 Å². The Morgan fingerprint density at radius 2 is 1.95 bits per heavy atom. The summed E-state index contributed by atoms with van der Waals surface area (Å²) < 4.78 is 33.3. The zero-order valence-electron chi connectivity index (χ0n) is 11.7. The molecule has 0 fully saturated rings. The molecule has 0 heterocycles. The van der Waals surface area contributed by atoms with Crippen molar-refractivity contribution in [3.8, 4) is 5.75 Å². The molecule has 0 unspecified atom stereocenters. The summed E-state index contributed by atoms with van der Waals surface area (Å²) in [6, 6.07) is 7.80. The lowest BCUT2D eigenvalue weighted by Gasteiger charge is -2.15. The first-order valence-electron chi connectivity index (χ1n) is 6.44. The van der Waals surface area contributed by atoms with Gasteiger partial charge in [0.15, 0.2) is 0 Å². The van der Waals surface area contributed by atoms with E-state index in [4.69, 9.17) is 4.74 Å². The Bertz CT molecular complexity index is 657. The minimum atomic E-state index is -0.724. The molecular formula is C16H15BrF2O2. The summed E-state index contributed by atoms with van der Waals surface area (Å²) >= 11 is 3.02. The van der Waals surface area contributed by atoms with Crippen molar-refractivity contribution in [2.24, 2.45) is 0 Å². The Balaban J connectivity index is 2.29. The summed E-state index contributed by atoms with van der Waals surface area (Å²) in [7, 11) is 0. The molecule has 2 nitrogen and oxygen atoms in total. The molecular weight excluding hydrogens is 342 g/mol. The van der Waals surface area contributed by atoms with Crippen LogP contribution in [0.2, 0.25) is 0 Å². The molecule has 21 heavy (non-hydrogen) atoms. The minimum Gasteiger partial charge on any atom is -0.488 e. The van der Waals surface area contributed by atoms with Crippen LogP contribution in [0.15, 0.2) is 34.8 Å². The molecule has 5 heteroatoms. The third-order valence-electron chi connectivity index (χ3n) is 3.13. The van der Waals surface area contributed by atoms with Gasteiger partial charge in [0.1, 0.15) is 24.0 Å². The molecule has 1 N–H and O–H groups in total. The maximum Gasteiger partial charge on any atom is 0.146 e. The van der Waals surface area contributed by atoms with Crippen molar-refractivity contribution in [1.82, 2.24) is 0 Å². The van der Waals surface area contributed by atoms with E-state index in [-0.39, 0.29) is 16.6 Å². The van der Waals surface area contributed by atoms with E-state index in [1.807, 2.05) is 13.0 Å². The minimum absolute atomic E-state index is 0.151. The predicted octanol–water partition coefficient (Wildman–Crippen LogP) is 4.67. The van der Waals surface area contributed by atoms with Crippen LogP contribution in [0.1, 0.15) is 29.7 Å². The van der Waals surface area contributed by atoms with Crippen molar-refractivity contribution in [2.45, 2.75) is 26.6 Å². The Labute approximate surface area is 130 Å². The molecule has 0 aliphatic heterocycles. The second-order valence-corrected chi connectivity index (χ2v) is 5.68. The Morgan fingerprint density at radius 1 is 1.24 bits per heavy atom. The molecule has 112 valence electrons. The molecule has 2 aromatic carbocycles. The normalized spacial score (nSPS) is 12.3. The third kappa shape index (κ3) is 3.60. The lowest BCUT2D eigenvalue weighted by molar-refractivity contribution is 0.189. The zero-order valence-corrected chi connectivity index (χ0v) is 13.2. The van der Waals surface area contributed by atoms with Gasteiger partial charge in [-0.15, -0.1) is 0 Å². The van der Waals surface area contributed by atoms with Crippen molar-refractivity contribution in [3.05, 3.63) is 63.1 Å². The summed E-state index contributed by atoms with van der Waals surface area (Å²) in [6.45, 7) is 3.23. The first kappa shape index (κ1) is 15.9. The fourth-order valence-electron chi connectivity index (χ4n) is 1.96. The van der Waals surface area contributed by atoms with E-state index in [9.17, 15) is 13.9 Å². The Hall–Kier alpha value is -1.46. The van der Waals surface area contributed by atoms with E-state index >= 15 is 0 Å². The first-order valence-corrected chi connectivity index (χ1v) is 7.23. The quantitative estimate of drug-likeness (QED) is 0.806. The van der Waals surface area contributed by atoms with Gasteiger partial charge < -0.3 is 9.84 Å². The molecule has 0 aromatic heterocycles.